The van der Waals surface area contributed by atoms with Gasteiger partial charge in [-0.15, -0.1) is 0 Å². The molecule has 1 rings (SSSR count). The summed E-state index contributed by atoms with van der Waals surface area (Å²) in [6, 6.07) is 1.82. The summed E-state index contributed by atoms with van der Waals surface area (Å²) in [7, 11) is 0. The number of carboxylic acid groups (broad SMARTS) is 2. The third kappa shape index (κ3) is 3.84. The highest BCUT2D eigenvalue weighted by Crippen LogP contribution is 2.11. The second kappa shape index (κ2) is 6.03. The molecule has 0 saturated heterocycles. The normalized spacial score (nSPS) is 12.2. The van der Waals surface area contributed by atoms with Gasteiger partial charge in [0.15, 0.2) is 0 Å². The van der Waals surface area contributed by atoms with E-state index in [1.165, 1.54) is 0 Å². The van der Waals surface area contributed by atoms with E-state index in [-0.39, 0.29) is 6.04 Å². The standard InChI is InChI=1S/C12H16N2O5/c1-7(2)14-5-3-4-9(14)11(17)13-8(12(18)19)6-10(15)16/h3-5,7-8H,6H2,1-2H3,(H,13,17)(H,15,16)(H,18,19)/t8-/m0/s1. The van der Waals surface area contributed by atoms with E-state index in [4.69, 9.17) is 10.2 Å². The van der Waals surface area contributed by atoms with Crippen molar-refractivity contribution in [2.45, 2.75) is 32.4 Å². The summed E-state index contributed by atoms with van der Waals surface area (Å²) in [5.74, 6) is -3.27. The van der Waals surface area contributed by atoms with Gasteiger partial charge in [0, 0.05) is 12.2 Å². The van der Waals surface area contributed by atoms with Crippen LogP contribution in [0.4, 0.5) is 0 Å². The molecule has 1 aromatic heterocycles. The zero-order valence-corrected chi connectivity index (χ0v) is 10.7. The molecule has 1 heterocycles. The van der Waals surface area contributed by atoms with E-state index in [0.717, 1.165) is 0 Å². The molecule has 0 aliphatic heterocycles. The highest BCUT2D eigenvalue weighted by atomic mass is 16.4. The number of carboxylic acids is 2. The number of carbonyl (C=O) groups is 3. The second-order valence-electron chi connectivity index (χ2n) is 4.36. The van der Waals surface area contributed by atoms with Gasteiger partial charge in [-0.25, -0.2) is 4.79 Å². The lowest BCUT2D eigenvalue weighted by Crippen LogP contribution is -2.42. The van der Waals surface area contributed by atoms with E-state index >= 15 is 0 Å². The predicted octanol–water partition coefficient (Wildman–Crippen LogP) is 0.727. The van der Waals surface area contributed by atoms with E-state index in [1.807, 2.05) is 13.8 Å². The third-order valence-electron chi connectivity index (χ3n) is 2.55. The molecular formula is C12H16N2O5. The van der Waals surface area contributed by atoms with E-state index in [1.54, 1.807) is 22.9 Å². The molecule has 0 bridgehead atoms. The predicted molar refractivity (Wildman–Crippen MR) is 66.0 cm³/mol. The van der Waals surface area contributed by atoms with Gasteiger partial charge < -0.3 is 20.1 Å². The Kier molecular flexibility index (Phi) is 4.68. The van der Waals surface area contributed by atoms with Gasteiger partial charge in [0.05, 0.1) is 6.42 Å². The van der Waals surface area contributed by atoms with E-state index < -0.39 is 30.3 Å². The molecule has 19 heavy (non-hydrogen) atoms. The van der Waals surface area contributed by atoms with Crippen LogP contribution >= 0.6 is 0 Å². The van der Waals surface area contributed by atoms with Crippen molar-refractivity contribution in [1.29, 1.82) is 0 Å². The largest absolute Gasteiger partial charge is 0.481 e. The molecule has 3 N–H and O–H groups in total. The lowest BCUT2D eigenvalue weighted by atomic mass is 10.2. The molecule has 0 spiro atoms. The Morgan fingerprint density at radius 2 is 1.95 bits per heavy atom. The molecule has 1 aromatic rings. The van der Waals surface area contributed by atoms with Crippen molar-refractivity contribution < 1.29 is 24.6 Å². The van der Waals surface area contributed by atoms with Crippen LogP contribution in [-0.4, -0.2) is 38.7 Å². The highest BCUT2D eigenvalue weighted by molar-refractivity contribution is 5.96. The molecule has 0 aliphatic carbocycles. The molecular weight excluding hydrogens is 252 g/mol. The Labute approximate surface area is 109 Å². The zero-order chi connectivity index (χ0) is 14.6. The monoisotopic (exact) mass is 268 g/mol. The molecule has 0 aromatic carbocycles. The average molecular weight is 268 g/mol. The van der Waals surface area contributed by atoms with Crippen molar-refractivity contribution in [2.24, 2.45) is 0 Å². The van der Waals surface area contributed by atoms with Crippen LogP contribution in [0.3, 0.4) is 0 Å². The van der Waals surface area contributed by atoms with Gasteiger partial charge >= 0.3 is 11.9 Å². The van der Waals surface area contributed by atoms with Crippen LogP contribution in [0.25, 0.3) is 0 Å². The third-order valence-corrected chi connectivity index (χ3v) is 2.55. The molecule has 0 aliphatic rings. The molecule has 1 atom stereocenters. The molecule has 104 valence electrons. The first-order valence-corrected chi connectivity index (χ1v) is 5.75. The lowest BCUT2D eigenvalue weighted by Gasteiger charge is -2.15. The summed E-state index contributed by atoms with van der Waals surface area (Å²) in [6.07, 6.45) is 1.04. The number of aliphatic carboxylic acids is 2. The van der Waals surface area contributed by atoms with Gasteiger partial charge in [-0.05, 0) is 26.0 Å². The van der Waals surface area contributed by atoms with Crippen molar-refractivity contribution in [3.05, 3.63) is 24.0 Å². The quantitative estimate of drug-likeness (QED) is 0.704. The zero-order valence-electron chi connectivity index (χ0n) is 10.7. The van der Waals surface area contributed by atoms with Crippen molar-refractivity contribution >= 4 is 17.8 Å². The summed E-state index contributed by atoms with van der Waals surface area (Å²) in [4.78, 5) is 33.4. The highest BCUT2D eigenvalue weighted by Gasteiger charge is 2.24. The molecule has 0 unspecified atom stereocenters. The van der Waals surface area contributed by atoms with Crippen LogP contribution in [-0.2, 0) is 9.59 Å². The fourth-order valence-electron chi connectivity index (χ4n) is 1.64. The average Bonchev–Trinajstić information content (AvgIpc) is 2.76. The number of amides is 1. The molecule has 1 amide bonds. The van der Waals surface area contributed by atoms with Crippen molar-refractivity contribution in [3.63, 3.8) is 0 Å². The maximum Gasteiger partial charge on any atom is 0.326 e. The molecule has 7 nitrogen and oxygen atoms in total. The van der Waals surface area contributed by atoms with Crippen LogP contribution in [0.2, 0.25) is 0 Å². The number of hydrogen-bond donors (Lipinski definition) is 3. The maximum absolute atomic E-state index is 11.9. The Hall–Kier alpha value is -2.31. The summed E-state index contributed by atoms with van der Waals surface area (Å²) >= 11 is 0. The molecule has 0 saturated carbocycles. The summed E-state index contributed by atoms with van der Waals surface area (Å²) in [5, 5.41) is 19.7. The first-order chi connectivity index (χ1) is 8.82. The number of carbonyl (C=O) groups excluding carboxylic acids is 1. The number of aromatic nitrogens is 1. The van der Waals surface area contributed by atoms with Crippen molar-refractivity contribution in [3.8, 4) is 0 Å². The smallest absolute Gasteiger partial charge is 0.326 e. The SMILES string of the molecule is CC(C)n1cccc1C(=O)N[C@@H](CC(=O)O)C(=O)O. The molecule has 7 heteroatoms. The fourth-order valence-corrected chi connectivity index (χ4v) is 1.64. The Balaban J connectivity index is 2.85. The summed E-state index contributed by atoms with van der Waals surface area (Å²) in [5.41, 5.74) is 0.298. The van der Waals surface area contributed by atoms with Crippen molar-refractivity contribution in [2.75, 3.05) is 0 Å². The van der Waals surface area contributed by atoms with Crippen LogP contribution < -0.4 is 5.32 Å². The van der Waals surface area contributed by atoms with Crippen molar-refractivity contribution in [1.82, 2.24) is 9.88 Å². The fraction of sp³-hybridized carbons (Fsp3) is 0.417. The van der Waals surface area contributed by atoms with Crippen LogP contribution in [0.1, 0.15) is 36.8 Å². The minimum absolute atomic E-state index is 0.0403. The van der Waals surface area contributed by atoms with Crippen LogP contribution in [0.5, 0.6) is 0 Å². The second-order valence-corrected chi connectivity index (χ2v) is 4.36. The van der Waals surface area contributed by atoms with E-state index in [2.05, 4.69) is 5.32 Å². The lowest BCUT2D eigenvalue weighted by molar-refractivity contribution is -0.145. The van der Waals surface area contributed by atoms with Gasteiger partial charge in [-0.1, -0.05) is 0 Å². The number of nitrogens with one attached hydrogen (secondary N) is 1. The number of rotatable bonds is 6. The van der Waals surface area contributed by atoms with Gasteiger partial charge in [0.25, 0.3) is 5.91 Å². The van der Waals surface area contributed by atoms with Gasteiger partial charge in [-0.3, -0.25) is 9.59 Å². The Bertz CT molecular complexity index is 492. The molecule has 0 radical (unpaired) electrons. The van der Waals surface area contributed by atoms with Gasteiger partial charge in [0.1, 0.15) is 11.7 Å². The topological polar surface area (TPSA) is 109 Å². The Morgan fingerprint density at radius 1 is 1.32 bits per heavy atom. The van der Waals surface area contributed by atoms with Gasteiger partial charge in [-0.2, -0.15) is 0 Å². The first kappa shape index (κ1) is 14.7. The van der Waals surface area contributed by atoms with E-state index in [0.29, 0.717) is 5.69 Å². The summed E-state index contributed by atoms with van der Waals surface area (Å²) < 4.78 is 1.68. The first-order valence-electron chi connectivity index (χ1n) is 5.75. The summed E-state index contributed by atoms with van der Waals surface area (Å²) in [6.45, 7) is 3.76. The van der Waals surface area contributed by atoms with E-state index in [9.17, 15) is 14.4 Å². The molecule has 0 fully saturated rings. The Morgan fingerprint density at radius 3 is 2.42 bits per heavy atom. The maximum atomic E-state index is 11.9. The van der Waals surface area contributed by atoms with Gasteiger partial charge in [0.2, 0.25) is 0 Å². The minimum atomic E-state index is -1.44. The van der Waals surface area contributed by atoms with Crippen LogP contribution in [0.15, 0.2) is 18.3 Å². The number of nitrogens with zero attached hydrogens (tertiary/aromatic N) is 1. The minimum Gasteiger partial charge on any atom is -0.481 e. The number of hydrogen-bond acceptors (Lipinski definition) is 3. The van der Waals surface area contributed by atoms with Crippen LogP contribution in [0, 0.1) is 0 Å².